The Morgan fingerprint density at radius 3 is 2.48 bits per heavy atom. The average molecular weight is 308 g/mol. The molecule has 0 aliphatic rings. The number of benzene rings is 1. The maximum absolute atomic E-state index is 10.7. The van der Waals surface area contributed by atoms with Crippen LogP contribution in [0.15, 0.2) is 30.3 Å². The van der Waals surface area contributed by atoms with E-state index in [2.05, 4.69) is 5.10 Å². The highest BCUT2D eigenvalue weighted by Crippen LogP contribution is 2.29. The molecule has 0 N–H and O–H groups in total. The number of aromatic nitrogens is 3. The summed E-state index contributed by atoms with van der Waals surface area (Å²) in [6.07, 6.45) is 0.392. The number of aliphatic carboxylic acids is 1. The molecule has 0 unspecified atom stereocenters. The first-order valence-corrected chi connectivity index (χ1v) is 7.59. The van der Waals surface area contributed by atoms with Crippen molar-refractivity contribution in [2.75, 3.05) is 0 Å². The van der Waals surface area contributed by atoms with E-state index in [1.807, 2.05) is 55.6 Å². The lowest BCUT2D eigenvalue weighted by atomic mass is 10.0. The van der Waals surface area contributed by atoms with Crippen LogP contribution in [0.2, 0.25) is 0 Å². The van der Waals surface area contributed by atoms with Crippen LogP contribution in [-0.2, 0) is 11.2 Å². The Morgan fingerprint density at radius 2 is 1.83 bits per heavy atom. The maximum Gasteiger partial charge on any atom is 0.163 e. The third-order valence-electron chi connectivity index (χ3n) is 4.14. The van der Waals surface area contributed by atoms with Gasteiger partial charge < -0.3 is 9.90 Å². The average Bonchev–Trinajstić information content (AvgIpc) is 2.84. The van der Waals surface area contributed by atoms with E-state index in [1.165, 1.54) is 0 Å². The number of hydrogen-bond donors (Lipinski definition) is 0. The standard InChI is InChI=1S/C18H19N3O2/c1-11-15(9-10-16(22)23)13(3)21-18(19-11)17(12(2)20-21)14-7-5-4-6-8-14/h4-8H,9-10H2,1-3H3,(H,22,23)/p-1. The molecule has 0 aliphatic heterocycles. The van der Waals surface area contributed by atoms with Crippen molar-refractivity contribution >= 4 is 11.6 Å². The van der Waals surface area contributed by atoms with Crippen molar-refractivity contribution < 1.29 is 9.90 Å². The first-order valence-electron chi connectivity index (χ1n) is 7.59. The number of nitrogens with zero attached hydrogens (tertiary/aromatic N) is 3. The fraction of sp³-hybridized carbons (Fsp3) is 0.278. The summed E-state index contributed by atoms with van der Waals surface area (Å²) < 4.78 is 1.81. The molecule has 2 aromatic heterocycles. The number of carboxylic acids is 1. The van der Waals surface area contributed by atoms with Crippen molar-refractivity contribution in [3.8, 4) is 11.1 Å². The Balaban J connectivity index is 2.20. The minimum atomic E-state index is -1.05. The summed E-state index contributed by atoms with van der Waals surface area (Å²) in [6, 6.07) is 10.0. The van der Waals surface area contributed by atoms with Gasteiger partial charge in [0.2, 0.25) is 0 Å². The van der Waals surface area contributed by atoms with E-state index in [1.54, 1.807) is 0 Å². The van der Waals surface area contributed by atoms with Crippen molar-refractivity contribution in [2.45, 2.75) is 33.6 Å². The number of carbonyl (C=O) groups excluding carboxylic acids is 1. The van der Waals surface area contributed by atoms with Crippen molar-refractivity contribution in [1.29, 1.82) is 0 Å². The van der Waals surface area contributed by atoms with Crippen LogP contribution >= 0.6 is 0 Å². The summed E-state index contributed by atoms with van der Waals surface area (Å²) in [5.41, 5.74) is 6.50. The smallest absolute Gasteiger partial charge is 0.163 e. The minimum Gasteiger partial charge on any atom is -0.550 e. The third kappa shape index (κ3) is 2.70. The number of carbonyl (C=O) groups is 1. The highest BCUT2D eigenvalue weighted by Gasteiger charge is 2.17. The number of aryl methyl sites for hydroxylation is 3. The first-order chi connectivity index (χ1) is 11.0. The molecule has 0 fully saturated rings. The topological polar surface area (TPSA) is 70.3 Å². The summed E-state index contributed by atoms with van der Waals surface area (Å²) in [4.78, 5) is 15.4. The molecule has 118 valence electrons. The van der Waals surface area contributed by atoms with E-state index in [0.717, 1.165) is 39.4 Å². The van der Waals surface area contributed by atoms with Gasteiger partial charge in [0.15, 0.2) is 5.65 Å². The molecule has 0 atom stereocenters. The third-order valence-corrected chi connectivity index (χ3v) is 4.14. The molecule has 1 aromatic carbocycles. The monoisotopic (exact) mass is 308 g/mol. The van der Waals surface area contributed by atoms with Gasteiger partial charge in [-0.15, -0.1) is 0 Å². The second-order valence-electron chi connectivity index (χ2n) is 5.70. The van der Waals surface area contributed by atoms with E-state index in [-0.39, 0.29) is 6.42 Å². The lowest BCUT2D eigenvalue weighted by molar-refractivity contribution is -0.305. The van der Waals surface area contributed by atoms with Gasteiger partial charge in [0.05, 0.1) is 5.69 Å². The molecule has 3 rings (SSSR count). The molecule has 0 saturated carbocycles. The molecular weight excluding hydrogens is 290 g/mol. The zero-order valence-electron chi connectivity index (χ0n) is 13.5. The lowest BCUT2D eigenvalue weighted by Gasteiger charge is -2.12. The summed E-state index contributed by atoms with van der Waals surface area (Å²) >= 11 is 0. The number of carboxylic acid groups (broad SMARTS) is 1. The predicted molar refractivity (Wildman–Crippen MR) is 86.0 cm³/mol. The Morgan fingerprint density at radius 1 is 1.13 bits per heavy atom. The van der Waals surface area contributed by atoms with Crippen LogP contribution in [0.5, 0.6) is 0 Å². The minimum absolute atomic E-state index is 0.0132. The highest BCUT2D eigenvalue weighted by molar-refractivity contribution is 5.80. The van der Waals surface area contributed by atoms with Crippen LogP contribution < -0.4 is 5.11 Å². The maximum atomic E-state index is 10.7. The molecule has 0 radical (unpaired) electrons. The van der Waals surface area contributed by atoms with E-state index in [4.69, 9.17) is 4.98 Å². The van der Waals surface area contributed by atoms with Gasteiger partial charge in [0, 0.05) is 22.9 Å². The van der Waals surface area contributed by atoms with Gasteiger partial charge in [-0.1, -0.05) is 30.3 Å². The molecule has 0 amide bonds. The van der Waals surface area contributed by atoms with Gasteiger partial charge in [-0.05, 0) is 44.7 Å². The van der Waals surface area contributed by atoms with E-state index < -0.39 is 5.97 Å². The van der Waals surface area contributed by atoms with Crippen LogP contribution in [0.4, 0.5) is 0 Å². The molecule has 5 heteroatoms. The van der Waals surface area contributed by atoms with Crippen molar-refractivity contribution in [1.82, 2.24) is 14.6 Å². The van der Waals surface area contributed by atoms with Gasteiger partial charge in [-0.25, -0.2) is 9.50 Å². The Labute approximate surface area is 134 Å². The van der Waals surface area contributed by atoms with Crippen molar-refractivity contribution in [2.24, 2.45) is 0 Å². The fourth-order valence-electron chi connectivity index (χ4n) is 3.00. The van der Waals surface area contributed by atoms with Crippen LogP contribution in [0.3, 0.4) is 0 Å². The molecule has 5 nitrogen and oxygen atoms in total. The Hall–Kier alpha value is -2.69. The first kappa shape index (κ1) is 15.2. The van der Waals surface area contributed by atoms with Crippen LogP contribution in [-0.4, -0.2) is 20.6 Å². The molecule has 3 aromatic rings. The quantitative estimate of drug-likeness (QED) is 0.739. The SMILES string of the molecule is Cc1nc2c(-c3ccccc3)c(C)nn2c(C)c1CCC(=O)[O-]. The zero-order chi connectivity index (χ0) is 16.6. The highest BCUT2D eigenvalue weighted by atomic mass is 16.4. The number of fused-ring (bicyclic) bond motifs is 1. The largest absolute Gasteiger partial charge is 0.550 e. The molecule has 0 spiro atoms. The molecular formula is C18H18N3O2-. The van der Waals surface area contributed by atoms with E-state index in [9.17, 15) is 9.90 Å². The molecule has 0 bridgehead atoms. The second-order valence-corrected chi connectivity index (χ2v) is 5.70. The number of rotatable bonds is 4. The van der Waals surface area contributed by atoms with Crippen LogP contribution in [0, 0.1) is 20.8 Å². The number of hydrogen-bond acceptors (Lipinski definition) is 4. The lowest BCUT2D eigenvalue weighted by Crippen LogP contribution is -2.23. The summed E-state index contributed by atoms with van der Waals surface area (Å²) in [6.45, 7) is 5.83. The van der Waals surface area contributed by atoms with E-state index in [0.29, 0.717) is 6.42 Å². The van der Waals surface area contributed by atoms with Crippen LogP contribution in [0.25, 0.3) is 16.8 Å². The molecule has 2 heterocycles. The normalized spacial score (nSPS) is 11.1. The molecule has 23 heavy (non-hydrogen) atoms. The van der Waals surface area contributed by atoms with E-state index >= 15 is 0 Å². The summed E-state index contributed by atoms with van der Waals surface area (Å²) in [7, 11) is 0. The van der Waals surface area contributed by atoms with Gasteiger partial charge in [0.1, 0.15) is 0 Å². The second kappa shape index (κ2) is 5.83. The molecule has 0 saturated heterocycles. The molecule has 0 aliphatic carbocycles. The van der Waals surface area contributed by atoms with Crippen LogP contribution in [0.1, 0.15) is 29.1 Å². The summed E-state index contributed by atoms with van der Waals surface area (Å²) in [5.74, 6) is -1.05. The fourth-order valence-corrected chi connectivity index (χ4v) is 3.00. The zero-order valence-corrected chi connectivity index (χ0v) is 13.5. The Bertz CT molecular complexity index is 882. The predicted octanol–water partition coefficient (Wildman–Crippen LogP) is 2.00. The van der Waals surface area contributed by atoms with Gasteiger partial charge >= 0.3 is 0 Å². The van der Waals surface area contributed by atoms with Gasteiger partial charge in [0.25, 0.3) is 0 Å². The van der Waals surface area contributed by atoms with Gasteiger partial charge in [-0.3, -0.25) is 0 Å². The Kier molecular flexibility index (Phi) is 3.86. The summed E-state index contributed by atoms with van der Waals surface area (Å²) in [5, 5.41) is 15.4. The van der Waals surface area contributed by atoms with Crippen molar-refractivity contribution in [3.05, 3.63) is 53.0 Å². The van der Waals surface area contributed by atoms with Gasteiger partial charge in [-0.2, -0.15) is 5.10 Å². The van der Waals surface area contributed by atoms with Crippen molar-refractivity contribution in [3.63, 3.8) is 0 Å².